The zero-order chi connectivity index (χ0) is 16.1. The summed E-state index contributed by atoms with van der Waals surface area (Å²) < 4.78 is 0. The van der Waals surface area contributed by atoms with Gasteiger partial charge in [-0.15, -0.1) is 11.3 Å². The lowest BCUT2D eigenvalue weighted by Gasteiger charge is -2.17. The Kier molecular flexibility index (Phi) is 6.26. The van der Waals surface area contributed by atoms with E-state index in [1.54, 1.807) is 23.5 Å². The van der Waals surface area contributed by atoms with Crippen LogP contribution in [-0.4, -0.2) is 12.5 Å². The van der Waals surface area contributed by atoms with E-state index in [1.165, 1.54) is 4.88 Å². The van der Waals surface area contributed by atoms with Gasteiger partial charge in [-0.2, -0.15) is 0 Å². The van der Waals surface area contributed by atoms with Gasteiger partial charge in [-0.3, -0.25) is 4.79 Å². The van der Waals surface area contributed by atoms with Crippen molar-refractivity contribution in [3.05, 3.63) is 56.2 Å². The van der Waals surface area contributed by atoms with E-state index in [1.807, 2.05) is 31.4 Å². The van der Waals surface area contributed by atoms with E-state index in [0.717, 1.165) is 5.56 Å². The number of nitrogens with one attached hydrogen (secondary N) is 2. The van der Waals surface area contributed by atoms with E-state index in [4.69, 9.17) is 23.2 Å². The number of amides is 1. The highest BCUT2D eigenvalue weighted by atomic mass is 35.5. The molecule has 0 unspecified atom stereocenters. The van der Waals surface area contributed by atoms with Gasteiger partial charge in [0.1, 0.15) is 0 Å². The largest absolute Gasteiger partial charge is 0.348 e. The molecule has 1 aromatic heterocycles. The molecule has 6 heteroatoms. The number of thiophene rings is 1. The Hall–Kier alpha value is -1.07. The molecule has 118 valence electrons. The third kappa shape index (κ3) is 4.71. The summed E-state index contributed by atoms with van der Waals surface area (Å²) in [7, 11) is 0. The molecule has 2 aromatic rings. The van der Waals surface area contributed by atoms with Crippen molar-refractivity contribution in [3.63, 3.8) is 0 Å². The van der Waals surface area contributed by atoms with Gasteiger partial charge in [-0.25, -0.2) is 0 Å². The second kappa shape index (κ2) is 7.97. The van der Waals surface area contributed by atoms with Crippen LogP contribution in [0.3, 0.4) is 0 Å². The Labute approximate surface area is 144 Å². The zero-order valence-corrected chi connectivity index (χ0v) is 14.7. The van der Waals surface area contributed by atoms with Gasteiger partial charge in [0.2, 0.25) is 5.91 Å². The summed E-state index contributed by atoms with van der Waals surface area (Å²) >= 11 is 13.7. The van der Waals surface area contributed by atoms with Crippen molar-refractivity contribution in [3.8, 4) is 0 Å². The summed E-state index contributed by atoms with van der Waals surface area (Å²) in [4.78, 5) is 13.2. The molecule has 1 heterocycles. The number of hydrogen-bond acceptors (Lipinski definition) is 3. The van der Waals surface area contributed by atoms with Crippen LogP contribution >= 0.6 is 34.5 Å². The molecule has 22 heavy (non-hydrogen) atoms. The van der Waals surface area contributed by atoms with Crippen LogP contribution in [0.4, 0.5) is 0 Å². The monoisotopic (exact) mass is 356 g/mol. The standard InChI is InChI=1S/C16H18Cl2N2OS/c1-10(13-6-5-12(17)8-14(13)18)20-16(21)9-19-11(2)15-4-3-7-22-15/h3-8,10-11,19H,9H2,1-2H3,(H,20,21)/t10-,11-/m0/s1. The summed E-state index contributed by atoms with van der Waals surface area (Å²) in [5.41, 5.74) is 0.853. The Morgan fingerprint density at radius 3 is 2.64 bits per heavy atom. The number of hydrogen-bond donors (Lipinski definition) is 2. The minimum Gasteiger partial charge on any atom is -0.348 e. The van der Waals surface area contributed by atoms with Crippen molar-refractivity contribution in [1.29, 1.82) is 0 Å². The summed E-state index contributed by atoms with van der Waals surface area (Å²) in [6.07, 6.45) is 0. The average Bonchev–Trinajstić information content (AvgIpc) is 2.98. The molecule has 2 rings (SSSR count). The SMILES string of the molecule is C[C@H](NCC(=O)N[C@@H](C)c1ccc(Cl)cc1Cl)c1cccs1. The Bertz CT molecular complexity index is 631. The molecule has 0 aliphatic carbocycles. The normalized spacial score (nSPS) is 13.6. The number of rotatable bonds is 6. The molecular weight excluding hydrogens is 339 g/mol. The van der Waals surface area contributed by atoms with Crippen molar-refractivity contribution < 1.29 is 4.79 Å². The zero-order valence-electron chi connectivity index (χ0n) is 12.4. The highest BCUT2D eigenvalue weighted by molar-refractivity contribution is 7.10. The highest BCUT2D eigenvalue weighted by Gasteiger charge is 2.14. The second-order valence-electron chi connectivity index (χ2n) is 5.07. The Morgan fingerprint density at radius 1 is 1.23 bits per heavy atom. The maximum Gasteiger partial charge on any atom is 0.234 e. The third-order valence-electron chi connectivity index (χ3n) is 3.35. The topological polar surface area (TPSA) is 41.1 Å². The van der Waals surface area contributed by atoms with E-state index in [2.05, 4.69) is 16.7 Å². The number of carbonyl (C=O) groups excluding carboxylic acids is 1. The van der Waals surface area contributed by atoms with Crippen LogP contribution in [0.1, 0.15) is 36.4 Å². The van der Waals surface area contributed by atoms with Gasteiger partial charge in [0, 0.05) is 21.0 Å². The summed E-state index contributed by atoms with van der Waals surface area (Å²) in [5, 5.41) is 9.31. The molecule has 3 nitrogen and oxygen atoms in total. The first-order valence-corrected chi connectivity index (χ1v) is 8.62. The van der Waals surface area contributed by atoms with Crippen LogP contribution in [0.15, 0.2) is 35.7 Å². The second-order valence-corrected chi connectivity index (χ2v) is 6.90. The molecular formula is C16H18Cl2N2OS. The van der Waals surface area contributed by atoms with Gasteiger partial charge >= 0.3 is 0 Å². The van der Waals surface area contributed by atoms with Crippen LogP contribution in [0.2, 0.25) is 10.0 Å². The van der Waals surface area contributed by atoms with E-state index < -0.39 is 0 Å². The predicted molar refractivity (Wildman–Crippen MR) is 93.8 cm³/mol. The Balaban J connectivity index is 1.86. The molecule has 0 aliphatic rings. The van der Waals surface area contributed by atoms with E-state index in [-0.39, 0.29) is 24.5 Å². The third-order valence-corrected chi connectivity index (χ3v) is 4.96. The minimum absolute atomic E-state index is 0.0677. The van der Waals surface area contributed by atoms with Crippen LogP contribution in [0.5, 0.6) is 0 Å². The first kappa shape index (κ1) is 17.3. The maximum absolute atomic E-state index is 12.0. The molecule has 2 N–H and O–H groups in total. The van der Waals surface area contributed by atoms with Gasteiger partial charge in [0.05, 0.1) is 12.6 Å². The lowest BCUT2D eigenvalue weighted by atomic mass is 10.1. The summed E-state index contributed by atoms with van der Waals surface area (Å²) in [6.45, 7) is 4.20. The highest BCUT2D eigenvalue weighted by Crippen LogP contribution is 2.26. The van der Waals surface area contributed by atoms with E-state index in [0.29, 0.717) is 10.0 Å². The fourth-order valence-corrected chi connectivity index (χ4v) is 3.44. The fraction of sp³-hybridized carbons (Fsp3) is 0.312. The molecule has 0 fully saturated rings. The lowest BCUT2D eigenvalue weighted by Crippen LogP contribution is -2.36. The smallest absolute Gasteiger partial charge is 0.234 e. The first-order chi connectivity index (χ1) is 10.5. The molecule has 1 aromatic carbocycles. The number of halogens is 2. The first-order valence-electron chi connectivity index (χ1n) is 6.98. The van der Waals surface area contributed by atoms with Crippen molar-refractivity contribution in [1.82, 2.24) is 10.6 Å². The van der Waals surface area contributed by atoms with Crippen molar-refractivity contribution in [2.24, 2.45) is 0 Å². The van der Waals surface area contributed by atoms with Crippen LogP contribution in [0.25, 0.3) is 0 Å². The van der Waals surface area contributed by atoms with Crippen molar-refractivity contribution >= 4 is 40.4 Å². The molecule has 2 atom stereocenters. The molecule has 0 aliphatic heterocycles. The van der Waals surface area contributed by atoms with Crippen LogP contribution in [-0.2, 0) is 4.79 Å². The summed E-state index contributed by atoms with van der Waals surface area (Å²) in [5.74, 6) is -0.0677. The van der Waals surface area contributed by atoms with Gasteiger partial charge < -0.3 is 10.6 Å². The van der Waals surface area contributed by atoms with Gasteiger partial charge in [0.25, 0.3) is 0 Å². The molecule has 0 saturated heterocycles. The number of carbonyl (C=O) groups is 1. The fourth-order valence-electron chi connectivity index (χ4n) is 2.11. The van der Waals surface area contributed by atoms with Crippen molar-refractivity contribution in [2.45, 2.75) is 25.9 Å². The van der Waals surface area contributed by atoms with Crippen molar-refractivity contribution in [2.75, 3.05) is 6.54 Å². The predicted octanol–water partition coefficient (Wildman–Crippen LogP) is 4.58. The van der Waals surface area contributed by atoms with Gasteiger partial charge in [-0.1, -0.05) is 35.3 Å². The lowest BCUT2D eigenvalue weighted by molar-refractivity contribution is -0.121. The molecule has 1 amide bonds. The maximum atomic E-state index is 12.0. The Morgan fingerprint density at radius 2 is 2.00 bits per heavy atom. The van der Waals surface area contributed by atoms with Crippen LogP contribution in [0, 0.1) is 0 Å². The minimum atomic E-state index is -0.170. The summed E-state index contributed by atoms with van der Waals surface area (Å²) in [6, 6.07) is 9.31. The van der Waals surface area contributed by atoms with E-state index >= 15 is 0 Å². The van der Waals surface area contributed by atoms with E-state index in [9.17, 15) is 4.79 Å². The van der Waals surface area contributed by atoms with Crippen LogP contribution < -0.4 is 10.6 Å². The van der Waals surface area contributed by atoms with Gasteiger partial charge in [0.15, 0.2) is 0 Å². The quantitative estimate of drug-likeness (QED) is 0.794. The molecule has 0 bridgehead atoms. The number of benzene rings is 1. The molecule has 0 radical (unpaired) electrons. The molecule has 0 saturated carbocycles. The molecule has 0 spiro atoms. The average molecular weight is 357 g/mol. The van der Waals surface area contributed by atoms with Gasteiger partial charge in [-0.05, 0) is 43.0 Å².